The molecular weight excluding hydrogens is 376 g/mol. The molecule has 0 saturated heterocycles. The summed E-state index contributed by atoms with van der Waals surface area (Å²) in [5.74, 6) is 1.01. The highest BCUT2D eigenvalue weighted by molar-refractivity contribution is 9.10. The van der Waals surface area contributed by atoms with Crippen LogP contribution in [-0.4, -0.2) is 16.3 Å². The zero-order valence-corrected chi connectivity index (χ0v) is 15.3. The van der Waals surface area contributed by atoms with Crippen LogP contribution in [0, 0.1) is 11.3 Å². The average Bonchev–Trinajstić information content (AvgIpc) is 2.82. The number of anilines is 1. The molecule has 0 bridgehead atoms. The van der Waals surface area contributed by atoms with Crippen molar-refractivity contribution >= 4 is 21.7 Å². The lowest BCUT2D eigenvalue weighted by molar-refractivity contribution is 0.780. The van der Waals surface area contributed by atoms with Gasteiger partial charge in [0.15, 0.2) is 0 Å². The molecular formula is C20H17BrN4. The number of aromatic nitrogens is 2. The van der Waals surface area contributed by atoms with Crippen LogP contribution in [0.3, 0.4) is 0 Å². The second-order valence-electron chi connectivity index (χ2n) is 6.11. The molecule has 124 valence electrons. The van der Waals surface area contributed by atoms with Gasteiger partial charge in [0.2, 0.25) is 0 Å². The highest BCUT2D eigenvalue weighted by Crippen LogP contribution is 2.35. The quantitative estimate of drug-likeness (QED) is 0.672. The van der Waals surface area contributed by atoms with E-state index in [1.54, 1.807) is 0 Å². The minimum atomic E-state index is 0.625. The number of nitrogens with zero attached hydrogens (tertiary/aromatic N) is 3. The molecule has 2 heterocycles. The van der Waals surface area contributed by atoms with Crippen LogP contribution in [0.2, 0.25) is 0 Å². The number of nitriles is 1. The lowest BCUT2D eigenvalue weighted by Crippen LogP contribution is -2.08. The molecule has 5 heteroatoms. The fourth-order valence-corrected chi connectivity index (χ4v) is 3.70. The molecule has 1 aliphatic rings. The Hall–Kier alpha value is -2.58. The summed E-state index contributed by atoms with van der Waals surface area (Å²) >= 11 is 3.55. The smallest absolute Gasteiger partial charge is 0.133 e. The van der Waals surface area contributed by atoms with Crippen LogP contribution in [0.4, 0.5) is 5.82 Å². The number of hydrogen-bond acceptors (Lipinski definition) is 3. The van der Waals surface area contributed by atoms with Gasteiger partial charge in [-0.15, -0.1) is 0 Å². The topological polar surface area (TPSA) is 53.6 Å². The van der Waals surface area contributed by atoms with Crippen LogP contribution in [0.25, 0.3) is 16.9 Å². The lowest BCUT2D eigenvalue weighted by atomic mass is 10.0. The summed E-state index contributed by atoms with van der Waals surface area (Å²) in [4.78, 5) is 0. The first-order valence-electron chi connectivity index (χ1n) is 8.39. The van der Waals surface area contributed by atoms with Crippen molar-refractivity contribution in [3.05, 3.63) is 64.1 Å². The molecule has 0 spiro atoms. The number of hydrogen-bond donors (Lipinski definition) is 1. The number of fused-ring (bicyclic) bond motifs is 1. The van der Waals surface area contributed by atoms with E-state index in [1.807, 2.05) is 41.1 Å². The van der Waals surface area contributed by atoms with Crippen LogP contribution >= 0.6 is 15.9 Å². The first-order valence-corrected chi connectivity index (χ1v) is 9.18. The van der Waals surface area contributed by atoms with Gasteiger partial charge in [-0.1, -0.05) is 40.2 Å². The second kappa shape index (κ2) is 6.73. The van der Waals surface area contributed by atoms with E-state index in [9.17, 15) is 5.26 Å². The van der Waals surface area contributed by atoms with Crippen molar-refractivity contribution < 1.29 is 0 Å². The monoisotopic (exact) mass is 392 g/mol. The highest BCUT2D eigenvalue weighted by Gasteiger charge is 2.22. The van der Waals surface area contributed by atoms with E-state index in [0.717, 1.165) is 53.0 Å². The maximum absolute atomic E-state index is 9.48. The maximum atomic E-state index is 9.48. The second-order valence-corrected chi connectivity index (χ2v) is 7.03. The SMILES string of the molecule is N#Cc1ccccc1-n1nc(-c2cccc(Br)c2)c2c1NCCCC2. The summed E-state index contributed by atoms with van der Waals surface area (Å²) < 4.78 is 2.93. The summed E-state index contributed by atoms with van der Waals surface area (Å²) in [7, 11) is 0. The molecule has 2 aromatic carbocycles. The van der Waals surface area contributed by atoms with E-state index in [0.29, 0.717) is 5.56 Å². The van der Waals surface area contributed by atoms with Crippen molar-refractivity contribution in [1.82, 2.24) is 9.78 Å². The van der Waals surface area contributed by atoms with Crippen molar-refractivity contribution in [1.29, 1.82) is 5.26 Å². The van der Waals surface area contributed by atoms with Crippen molar-refractivity contribution in [3.63, 3.8) is 0 Å². The summed E-state index contributed by atoms with van der Waals surface area (Å²) in [5.41, 5.74) is 4.74. The van der Waals surface area contributed by atoms with Crippen molar-refractivity contribution in [2.45, 2.75) is 19.3 Å². The van der Waals surface area contributed by atoms with Crippen LogP contribution in [0.5, 0.6) is 0 Å². The molecule has 1 N–H and O–H groups in total. The van der Waals surface area contributed by atoms with Crippen molar-refractivity contribution in [2.75, 3.05) is 11.9 Å². The first-order chi connectivity index (χ1) is 12.3. The highest BCUT2D eigenvalue weighted by atomic mass is 79.9. The minimum Gasteiger partial charge on any atom is -0.370 e. The molecule has 4 nitrogen and oxygen atoms in total. The van der Waals surface area contributed by atoms with Crippen LogP contribution in [0.1, 0.15) is 24.0 Å². The largest absolute Gasteiger partial charge is 0.370 e. The number of rotatable bonds is 2. The molecule has 3 aromatic rings. The third kappa shape index (κ3) is 2.94. The lowest BCUT2D eigenvalue weighted by Gasteiger charge is -2.10. The molecule has 4 rings (SSSR count). The van der Waals surface area contributed by atoms with Gasteiger partial charge in [-0.3, -0.25) is 0 Å². The molecule has 0 fully saturated rings. The molecule has 0 radical (unpaired) electrons. The van der Waals surface area contributed by atoms with Gasteiger partial charge in [0.1, 0.15) is 11.9 Å². The first kappa shape index (κ1) is 15.9. The zero-order valence-electron chi connectivity index (χ0n) is 13.7. The van der Waals surface area contributed by atoms with E-state index in [4.69, 9.17) is 5.10 Å². The van der Waals surface area contributed by atoms with Gasteiger partial charge >= 0.3 is 0 Å². The predicted octanol–water partition coefficient (Wildman–Crippen LogP) is 4.92. The van der Waals surface area contributed by atoms with Crippen LogP contribution in [-0.2, 0) is 6.42 Å². The normalized spacial score (nSPS) is 13.4. The molecule has 0 saturated carbocycles. The average molecular weight is 393 g/mol. The van der Waals surface area contributed by atoms with Crippen LogP contribution in [0.15, 0.2) is 53.0 Å². The van der Waals surface area contributed by atoms with Gasteiger partial charge < -0.3 is 5.32 Å². The van der Waals surface area contributed by atoms with E-state index < -0.39 is 0 Å². The Morgan fingerprint density at radius 3 is 2.84 bits per heavy atom. The van der Waals surface area contributed by atoms with Gasteiger partial charge in [-0.05, 0) is 43.5 Å². The summed E-state index contributed by atoms with van der Waals surface area (Å²) in [5, 5.41) is 17.9. The van der Waals surface area contributed by atoms with E-state index in [1.165, 1.54) is 5.56 Å². The Morgan fingerprint density at radius 2 is 2.00 bits per heavy atom. The Balaban J connectivity index is 1.96. The van der Waals surface area contributed by atoms with Gasteiger partial charge in [-0.2, -0.15) is 10.4 Å². The van der Waals surface area contributed by atoms with Crippen molar-refractivity contribution in [2.24, 2.45) is 0 Å². The van der Waals surface area contributed by atoms with Crippen LogP contribution < -0.4 is 5.32 Å². The number of para-hydroxylation sites is 1. The molecule has 0 unspecified atom stereocenters. The number of benzene rings is 2. The van der Waals surface area contributed by atoms with E-state index in [2.05, 4.69) is 39.4 Å². The zero-order chi connectivity index (χ0) is 17.2. The van der Waals surface area contributed by atoms with Gasteiger partial charge in [0.05, 0.1) is 16.9 Å². The fourth-order valence-electron chi connectivity index (χ4n) is 3.30. The summed E-state index contributed by atoms with van der Waals surface area (Å²) in [6.07, 6.45) is 3.25. The molecule has 0 atom stereocenters. The third-order valence-corrected chi connectivity index (χ3v) is 4.97. The minimum absolute atomic E-state index is 0.625. The van der Waals surface area contributed by atoms with Crippen molar-refractivity contribution in [3.8, 4) is 23.0 Å². The fraction of sp³-hybridized carbons (Fsp3) is 0.200. The Bertz CT molecular complexity index is 968. The molecule has 0 amide bonds. The molecule has 25 heavy (non-hydrogen) atoms. The predicted molar refractivity (Wildman–Crippen MR) is 103 cm³/mol. The molecule has 0 aliphatic carbocycles. The maximum Gasteiger partial charge on any atom is 0.133 e. The Kier molecular flexibility index (Phi) is 4.29. The number of nitrogens with one attached hydrogen (secondary N) is 1. The molecule has 1 aromatic heterocycles. The Morgan fingerprint density at radius 1 is 1.12 bits per heavy atom. The summed E-state index contributed by atoms with van der Waals surface area (Å²) in [6, 6.07) is 18.1. The van der Waals surface area contributed by atoms with Gasteiger partial charge in [0.25, 0.3) is 0 Å². The van der Waals surface area contributed by atoms with Gasteiger partial charge in [0, 0.05) is 22.1 Å². The van der Waals surface area contributed by atoms with E-state index >= 15 is 0 Å². The summed E-state index contributed by atoms with van der Waals surface area (Å²) in [6.45, 7) is 0.922. The Labute approximate surface area is 155 Å². The standard InChI is InChI=1S/C20H17BrN4/c21-16-8-5-7-14(12-16)19-17-9-3-4-11-23-20(17)25(24-19)18-10-2-1-6-15(18)13-22/h1-2,5-8,10,12,23H,3-4,9,11H2. The van der Waals surface area contributed by atoms with Gasteiger partial charge in [-0.25, -0.2) is 4.68 Å². The third-order valence-electron chi connectivity index (χ3n) is 4.48. The molecule has 1 aliphatic heterocycles. The van der Waals surface area contributed by atoms with E-state index in [-0.39, 0.29) is 0 Å². The number of halogens is 1.